The topological polar surface area (TPSA) is 113 Å². The number of anilines is 1. The number of nitrogens with one attached hydrogen (secondary N) is 2. The first-order valence-electron chi connectivity index (χ1n) is 10.2. The minimum atomic E-state index is -4.00. The largest absolute Gasteiger partial charge is 0.325 e. The quantitative estimate of drug-likeness (QED) is 0.412. The molecule has 180 valence electrons. The highest BCUT2D eigenvalue weighted by molar-refractivity contribution is 9.10. The van der Waals surface area contributed by atoms with Crippen molar-refractivity contribution in [3.05, 3.63) is 88.4 Å². The Kier molecular flexibility index (Phi) is 8.26. The molecule has 0 heterocycles. The Morgan fingerprint density at radius 2 is 1.53 bits per heavy atom. The molecule has 0 bridgehead atoms. The molecule has 0 atom stereocenters. The molecule has 0 aromatic heterocycles. The molecule has 0 radical (unpaired) electrons. The van der Waals surface area contributed by atoms with Crippen LogP contribution in [0.1, 0.15) is 11.1 Å². The first-order chi connectivity index (χ1) is 16.0. The number of amides is 1. The van der Waals surface area contributed by atoms with Crippen LogP contribution < -0.4 is 10.0 Å². The maximum atomic E-state index is 13.4. The van der Waals surface area contributed by atoms with Gasteiger partial charge in [0.05, 0.1) is 16.3 Å². The van der Waals surface area contributed by atoms with Crippen LogP contribution >= 0.6 is 15.9 Å². The predicted octanol–water partition coefficient (Wildman–Crippen LogP) is 3.50. The summed E-state index contributed by atoms with van der Waals surface area (Å²) in [6.45, 7) is 1.24. The van der Waals surface area contributed by atoms with Gasteiger partial charge in [0.2, 0.25) is 26.0 Å². The van der Waals surface area contributed by atoms with E-state index in [9.17, 15) is 21.6 Å². The minimum absolute atomic E-state index is 0.0141. The van der Waals surface area contributed by atoms with Gasteiger partial charge in [-0.3, -0.25) is 4.79 Å². The average Bonchev–Trinajstić information content (AvgIpc) is 2.81. The molecule has 11 heteroatoms. The summed E-state index contributed by atoms with van der Waals surface area (Å²) < 4.78 is 55.0. The summed E-state index contributed by atoms with van der Waals surface area (Å²) in [6, 6.07) is 19.4. The van der Waals surface area contributed by atoms with Gasteiger partial charge in [0.25, 0.3) is 0 Å². The third kappa shape index (κ3) is 6.30. The zero-order chi connectivity index (χ0) is 24.9. The number of benzene rings is 3. The number of hydrogen-bond acceptors (Lipinski definition) is 5. The number of halogens is 1. The van der Waals surface area contributed by atoms with Crippen LogP contribution in [0.5, 0.6) is 0 Å². The van der Waals surface area contributed by atoms with Gasteiger partial charge < -0.3 is 5.32 Å². The van der Waals surface area contributed by atoms with E-state index < -0.39 is 32.5 Å². The van der Waals surface area contributed by atoms with Gasteiger partial charge in [-0.05, 0) is 61.5 Å². The van der Waals surface area contributed by atoms with E-state index >= 15 is 0 Å². The second-order valence-electron chi connectivity index (χ2n) is 7.45. The monoisotopic (exact) mass is 565 g/mol. The van der Waals surface area contributed by atoms with Crippen molar-refractivity contribution in [2.24, 2.45) is 0 Å². The molecule has 3 aromatic rings. The molecule has 0 saturated heterocycles. The number of aryl methyl sites for hydroxylation is 1. The van der Waals surface area contributed by atoms with Crippen molar-refractivity contribution in [3.63, 3.8) is 0 Å². The van der Waals surface area contributed by atoms with Crippen molar-refractivity contribution in [3.8, 4) is 0 Å². The van der Waals surface area contributed by atoms with Crippen molar-refractivity contribution in [1.29, 1.82) is 0 Å². The van der Waals surface area contributed by atoms with Gasteiger partial charge in [-0.25, -0.2) is 21.6 Å². The number of nitrogens with zero attached hydrogens (tertiary/aromatic N) is 1. The van der Waals surface area contributed by atoms with E-state index in [4.69, 9.17) is 0 Å². The molecule has 1 amide bonds. The van der Waals surface area contributed by atoms with Gasteiger partial charge in [-0.15, -0.1) is 0 Å². The second-order valence-corrected chi connectivity index (χ2v) is 12.2. The minimum Gasteiger partial charge on any atom is -0.325 e. The molecule has 0 aliphatic heterocycles. The fourth-order valence-electron chi connectivity index (χ4n) is 3.14. The Morgan fingerprint density at radius 3 is 2.15 bits per heavy atom. The molecule has 34 heavy (non-hydrogen) atoms. The molecule has 0 unspecified atom stereocenters. The maximum absolute atomic E-state index is 13.4. The van der Waals surface area contributed by atoms with Gasteiger partial charge >= 0.3 is 0 Å². The summed E-state index contributed by atoms with van der Waals surface area (Å²) in [5.74, 6) is -0.598. The normalized spacial score (nSPS) is 12.0. The van der Waals surface area contributed by atoms with Crippen molar-refractivity contribution < 1.29 is 21.6 Å². The molecule has 3 rings (SSSR count). The lowest BCUT2D eigenvalue weighted by Gasteiger charge is -2.22. The Labute approximate surface area is 208 Å². The number of rotatable bonds is 9. The number of sulfonamides is 2. The Hall–Kier alpha value is -2.57. The van der Waals surface area contributed by atoms with Crippen LogP contribution in [0, 0.1) is 6.92 Å². The fourth-order valence-corrected chi connectivity index (χ4v) is 5.54. The van der Waals surface area contributed by atoms with Crippen LogP contribution in [0.25, 0.3) is 0 Å². The molecule has 0 aliphatic rings. The van der Waals surface area contributed by atoms with Crippen molar-refractivity contribution >= 4 is 47.6 Å². The van der Waals surface area contributed by atoms with Gasteiger partial charge in [-0.1, -0.05) is 52.3 Å². The Balaban J connectivity index is 1.90. The van der Waals surface area contributed by atoms with E-state index in [1.54, 1.807) is 49.4 Å². The van der Waals surface area contributed by atoms with E-state index in [0.717, 1.165) is 8.78 Å². The summed E-state index contributed by atoms with van der Waals surface area (Å²) in [7, 11) is -6.42. The van der Waals surface area contributed by atoms with Crippen LogP contribution in [0.15, 0.2) is 87.1 Å². The van der Waals surface area contributed by atoms with E-state index in [1.165, 1.54) is 31.3 Å². The predicted molar refractivity (Wildman–Crippen MR) is 134 cm³/mol. The molecule has 0 saturated carbocycles. The smallest absolute Gasteiger partial charge is 0.243 e. The summed E-state index contributed by atoms with van der Waals surface area (Å²) in [6.07, 6.45) is 0. The summed E-state index contributed by atoms with van der Waals surface area (Å²) >= 11 is 3.29. The molecule has 0 spiro atoms. The maximum Gasteiger partial charge on any atom is 0.243 e. The lowest BCUT2D eigenvalue weighted by Crippen LogP contribution is -2.37. The molecule has 0 aliphatic carbocycles. The van der Waals surface area contributed by atoms with Crippen LogP contribution in [-0.2, 0) is 31.4 Å². The molecule has 8 nitrogen and oxygen atoms in total. The fraction of sp³-hybridized carbons (Fsp3) is 0.174. The second kappa shape index (κ2) is 10.8. The zero-order valence-electron chi connectivity index (χ0n) is 18.5. The van der Waals surface area contributed by atoms with Gasteiger partial charge in [-0.2, -0.15) is 4.31 Å². The van der Waals surface area contributed by atoms with E-state index in [0.29, 0.717) is 11.1 Å². The van der Waals surface area contributed by atoms with Crippen LogP contribution in [0.4, 0.5) is 5.69 Å². The van der Waals surface area contributed by atoms with Crippen LogP contribution in [0.3, 0.4) is 0 Å². The van der Waals surface area contributed by atoms with Gasteiger partial charge in [0.15, 0.2) is 0 Å². The number of hydrogen-bond donors (Lipinski definition) is 2. The highest BCUT2D eigenvalue weighted by Gasteiger charge is 2.27. The van der Waals surface area contributed by atoms with Crippen molar-refractivity contribution in [2.75, 3.05) is 18.9 Å². The van der Waals surface area contributed by atoms with Gasteiger partial charge in [0.1, 0.15) is 0 Å². The summed E-state index contributed by atoms with van der Waals surface area (Å²) in [5.41, 5.74) is 1.63. The molecule has 3 aromatic carbocycles. The number of carbonyl (C=O) groups is 1. The molecule has 2 N–H and O–H groups in total. The summed E-state index contributed by atoms with van der Waals surface area (Å²) in [5, 5.41) is 2.65. The average molecular weight is 566 g/mol. The molecule has 0 fully saturated rings. The summed E-state index contributed by atoms with van der Waals surface area (Å²) in [4.78, 5) is 13.0. The van der Waals surface area contributed by atoms with Crippen molar-refractivity contribution in [2.45, 2.75) is 23.3 Å². The standard InChI is InChI=1S/C23H24BrN3O5S2/c1-17-8-11-21(33(29,30)25-2)14-22(17)26-23(28)16-27(15-18-6-4-3-5-7-18)34(31,32)20-12-9-19(24)10-13-20/h3-14,25H,15-16H2,1-2H3,(H,26,28). The lowest BCUT2D eigenvalue weighted by molar-refractivity contribution is -0.116. The van der Waals surface area contributed by atoms with E-state index in [1.807, 2.05) is 6.07 Å². The molecular formula is C23H24BrN3O5S2. The van der Waals surface area contributed by atoms with E-state index in [-0.39, 0.29) is 22.0 Å². The van der Waals surface area contributed by atoms with Crippen LogP contribution in [-0.4, -0.2) is 40.6 Å². The van der Waals surface area contributed by atoms with E-state index in [2.05, 4.69) is 26.0 Å². The first-order valence-corrected chi connectivity index (χ1v) is 13.9. The van der Waals surface area contributed by atoms with Gasteiger partial charge in [0, 0.05) is 16.7 Å². The Morgan fingerprint density at radius 1 is 0.912 bits per heavy atom. The Bertz CT molecular complexity index is 1380. The highest BCUT2D eigenvalue weighted by atomic mass is 79.9. The van der Waals surface area contributed by atoms with Crippen LogP contribution in [0.2, 0.25) is 0 Å². The SMILES string of the molecule is CNS(=O)(=O)c1ccc(C)c(NC(=O)CN(Cc2ccccc2)S(=O)(=O)c2ccc(Br)cc2)c1. The zero-order valence-corrected chi connectivity index (χ0v) is 21.7. The highest BCUT2D eigenvalue weighted by Crippen LogP contribution is 2.23. The lowest BCUT2D eigenvalue weighted by atomic mass is 10.2. The third-order valence-corrected chi connectivity index (χ3v) is 8.78. The van der Waals surface area contributed by atoms with Crippen molar-refractivity contribution in [1.82, 2.24) is 9.03 Å². The molecular weight excluding hydrogens is 542 g/mol. The third-order valence-electron chi connectivity index (χ3n) is 5.04. The number of carbonyl (C=O) groups excluding carboxylic acids is 1. The first kappa shape index (κ1) is 26.0.